The average Bonchev–Trinajstić information content (AvgIpc) is 2.84. The monoisotopic (exact) mass is 261 g/mol. The van der Waals surface area contributed by atoms with E-state index in [0.29, 0.717) is 12.4 Å². The van der Waals surface area contributed by atoms with Gasteiger partial charge >= 0.3 is 5.97 Å². The van der Waals surface area contributed by atoms with Gasteiger partial charge < -0.3 is 14.6 Å². The van der Waals surface area contributed by atoms with Crippen molar-refractivity contribution in [3.05, 3.63) is 36.3 Å². The number of ether oxygens (including phenoxy) is 1. The van der Waals surface area contributed by atoms with Crippen LogP contribution in [0.25, 0.3) is 0 Å². The third-order valence-electron chi connectivity index (χ3n) is 2.60. The van der Waals surface area contributed by atoms with Gasteiger partial charge in [-0.15, -0.1) is 0 Å². The fraction of sp³-hybridized carbons (Fsp3) is 0.333. The number of hydrogen-bond acceptors (Lipinski definition) is 6. The van der Waals surface area contributed by atoms with Gasteiger partial charge in [-0.25, -0.2) is 19.7 Å². The van der Waals surface area contributed by atoms with Gasteiger partial charge in [-0.1, -0.05) is 0 Å². The standard InChI is InChI=1S/C12H15N5O2/c1-17-8-7-14-10(17)4-6-13-9-3-5-15-11(16-9)12(18)19-2/h3,5,7-8H,4,6H2,1-2H3,(H,13,15,16). The van der Waals surface area contributed by atoms with Gasteiger partial charge in [0.05, 0.1) is 7.11 Å². The summed E-state index contributed by atoms with van der Waals surface area (Å²) >= 11 is 0. The smallest absolute Gasteiger partial charge is 0.376 e. The summed E-state index contributed by atoms with van der Waals surface area (Å²) in [6.07, 6.45) is 5.94. The van der Waals surface area contributed by atoms with Crippen molar-refractivity contribution in [2.45, 2.75) is 6.42 Å². The minimum atomic E-state index is -0.548. The molecule has 2 aromatic heterocycles. The average molecular weight is 261 g/mol. The van der Waals surface area contributed by atoms with Crippen LogP contribution in [-0.4, -0.2) is 39.1 Å². The maximum absolute atomic E-state index is 11.3. The molecule has 100 valence electrons. The lowest BCUT2D eigenvalue weighted by atomic mass is 10.4. The summed E-state index contributed by atoms with van der Waals surface area (Å²) in [5.41, 5.74) is 0. The highest BCUT2D eigenvalue weighted by Crippen LogP contribution is 2.03. The van der Waals surface area contributed by atoms with Crippen molar-refractivity contribution in [2.75, 3.05) is 19.0 Å². The predicted octanol–water partition coefficient (Wildman–Crippen LogP) is 0.651. The first-order valence-electron chi connectivity index (χ1n) is 5.82. The third-order valence-corrected chi connectivity index (χ3v) is 2.60. The normalized spacial score (nSPS) is 10.2. The van der Waals surface area contributed by atoms with Crippen molar-refractivity contribution in [3.63, 3.8) is 0 Å². The molecule has 0 aliphatic carbocycles. The minimum Gasteiger partial charge on any atom is -0.463 e. The number of aromatic nitrogens is 4. The van der Waals surface area contributed by atoms with Gasteiger partial charge in [-0.2, -0.15) is 0 Å². The predicted molar refractivity (Wildman–Crippen MR) is 68.8 cm³/mol. The van der Waals surface area contributed by atoms with E-state index in [9.17, 15) is 4.79 Å². The van der Waals surface area contributed by atoms with Gasteiger partial charge in [0.15, 0.2) is 0 Å². The van der Waals surface area contributed by atoms with Crippen LogP contribution in [0.5, 0.6) is 0 Å². The Labute approximate surface area is 110 Å². The Morgan fingerprint density at radius 3 is 2.95 bits per heavy atom. The molecule has 0 unspecified atom stereocenters. The molecule has 0 fully saturated rings. The Kier molecular flexibility index (Phi) is 4.07. The van der Waals surface area contributed by atoms with Gasteiger partial charge in [0.2, 0.25) is 5.82 Å². The number of rotatable bonds is 5. The number of hydrogen-bond donors (Lipinski definition) is 1. The van der Waals surface area contributed by atoms with E-state index < -0.39 is 5.97 Å². The molecule has 0 saturated carbocycles. The fourth-order valence-electron chi connectivity index (χ4n) is 1.59. The van der Waals surface area contributed by atoms with Crippen molar-refractivity contribution in [1.82, 2.24) is 19.5 Å². The molecule has 0 aliphatic rings. The van der Waals surface area contributed by atoms with Crippen LogP contribution in [0.4, 0.5) is 5.82 Å². The number of imidazole rings is 1. The van der Waals surface area contributed by atoms with Crippen LogP contribution >= 0.6 is 0 Å². The lowest BCUT2D eigenvalue weighted by molar-refractivity contribution is 0.0587. The maximum Gasteiger partial charge on any atom is 0.376 e. The lowest BCUT2D eigenvalue weighted by Crippen LogP contribution is -2.12. The van der Waals surface area contributed by atoms with Gasteiger partial charge in [0.25, 0.3) is 0 Å². The second-order valence-electron chi connectivity index (χ2n) is 3.89. The molecule has 7 nitrogen and oxygen atoms in total. The summed E-state index contributed by atoms with van der Waals surface area (Å²) in [5.74, 6) is 1.07. The van der Waals surface area contributed by atoms with Crippen LogP contribution in [-0.2, 0) is 18.2 Å². The molecule has 1 N–H and O–H groups in total. The number of esters is 1. The number of anilines is 1. The zero-order chi connectivity index (χ0) is 13.7. The van der Waals surface area contributed by atoms with E-state index in [1.807, 2.05) is 17.8 Å². The van der Waals surface area contributed by atoms with Crippen LogP contribution in [0.3, 0.4) is 0 Å². The van der Waals surface area contributed by atoms with Gasteiger partial charge in [0, 0.05) is 38.6 Å². The highest BCUT2D eigenvalue weighted by Gasteiger charge is 2.09. The summed E-state index contributed by atoms with van der Waals surface area (Å²) in [4.78, 5) is 23.4. The maximum atomic E-state index is 11.3. The van der Waals surface area contributed by atoms with E-state index in [1.165, 1.54) is 13.3 Å². The van der Waals surface area contributed by atoms with Gasteiger partial charge in [0.1, 0.15) is 11.6 Å². The molecule has 0 aliphatic heterocycles. The second-order valence-corrected chi connectivity index (χ2v) is 3.89. The summed E-state index contributed by atoms with van der Waals surface area (Å²) < 4.78 is 6.53. The number of nitrogens with zero attached hydrogens (tertiary/aromatic N) is 4. The largest absolute Gasteiger partial charge is 0.463 e. The van der Waals surface area contributed by atoms with Crippen LogP contribution < -0.4 is 5.32 Å². The van der Waals surface area contributed by atoms with Crippen LogP contribution in [0.2, 0.25) is 0 Å². The van der Waals surface area contributed by atoms with E-state index in [2.05, 4.69) is 25.0 Å². The molecule has 0 radical (unpaired) electrons. The second kappa shape index (κ2) is 5.94. The van der Waals surface area contributed by atoms with Crippen LogP contribution in [0.1, 0.15) is 16.4 Å². The molecule has 2 aromatic rings. The van der Waals surface area contributed by atoms with Crippen molar-refractivity contribution >= 4 is 11.8 Å². The van der Waals surface area contributed by atoms with Crippen molar-refractivity contribution in [2.24, 2.45) is 7.05 Å². The highest BCUT2D eigenvalue weighted by atomic mass is 16.5. The Balaban J connectivity index is 1.93. The Hall–Kier alpha value is -2.44. The van der Waals surface area contributed by atoms with E-state index in [1.54, 1.807) is 12.3 Å². The Morgan fingerprint density at radius 2 is 2.26 bits per heavy atom. The number of carbonyl (C=O) groups is 1. The molecule has 7 heteroatoms. The molecule has 0 bridgehead atoms. The minimum absolute atomic E-state index is 0.0458. The van der Waals surface area contributed by atoms with E-state index in [0.717, 1.165) is 12.2 Å². The Morgan fingerprint density at radius 1 is 1.42 bits per heavy atom. The first kappa shape index (κ1) is 13.0. The summed E-state index contributed by atoms with van der Waals surface area (Å²) in [5, 5.41) is 3.12. The molecular weight excluding hydrogens is 246 g/mol. The molecule has 0 spiro atoms. The lowest BCUT2D eigenvalue weighted by Gasteiger charge is -2.06. The topological polar surface area (TPSA) is 81.9 Å². The summed E-state index contributed by atoms with van der Waals surface area (Å²) in [6, 6.07) is 1.70. The summed E-state index contributed by atoms with van der Waals surface area (Å²) in [6.45, 7) is 0.669. The molecule has 0 atom stereocenters. The molecule has 19 heavy (non-hydrogen) atoms. The van der Waals surface area contributed by atoms with E-state index in [-0.39, 0.29) is 5.82 Å². The van der Waals surface area contributed by atoms with Crippen molar-refractivity contribution in [3.8, 4) is 0 Å². The molecule has 0 aromatic carbocycles. The Bertz CT molecular complexity index is 567. The number of methoxy groups -OCH3 is 1. The zero-order valence-electron chi connectivity index (χ0n) is 10.8. The number of aryl methyl sites for hydroxylation is 1. The highest BCUT2D eigenvalue weighted by molar-refractivity contribution is 5.85. The van der Waals surface area contributed by atoms with Gasteiger partial charge in [-0.05, 0) is 6.07 Å². The molecule has 0 saturated heterocycles. The number of carbonyl (C=O) groups excluding carboxylic acids is 1. The number of nitrogens with one attached hydrogen (secondary N) is 1. The first-order chi connectivity index (χ1) is 9.20. The molecule has 0 amide bonds. The van der Waals surface area contributed by atoms with E-state index >= 15 is 0 Å². The molecule has 2 heterocycles. The molecular formula is C12H15N5O2. The first-order valence-corrected chi connectivity index (χ1v) is 5.82. The quantitative estimate of drug-likeness (QED) is 0.796. The van der Waals surface area contributed by atoms with Crippen LogP contribution in [0.15, 0.2) is 24.7 Å². The fourth-order valence-corrected chi connectivity index (χ4v) is 1.59. The van der Waals surface area contributed by atoms with Crippen molar-refractivity contribution in [1.29, 1.82) is 0 Å². The molecule has 2 rings (SSSR count). The third kappa shape index (κ3) is 3.27. The van der Waals surface area contributed by atoms with Gasteiger partial charge in [-0.3, -0.25) is 0 Å². The SMILES string of the molecule is COC(=O)c1nccc(NCCc2nccn2C)n1. The van der Waals surface area contributed by atoms with Crippen molar-refractivity contribution < 1.29 is 9.53 Å². The van der Waals surface area contributed by atoms with Crippen LogP contribution in [0, 0.1) is 0 Å². The summed E-state index contributed by atoms with van der Waals surface area (Å²) in [7, 11) is 3.25. The van der Waals surface area contributed by atoms with E-state index in [4.69, 9.17) is 0 Å². The zero-order valence-corrected chi connectivity index (χ0v) is 10.8.